The molecule has 28 heavy (non-hydrogen) atoms. The molecular formula is C20H23ClN2O4S. The van der Waals surface area contributed by atoms with Gasteiger partial charge in [-0.3, -0.25) is 4.79 Å². The number of carbonyl (C=O) groups is 1. The van der Waals surface area contributed by atoms with Crippen molar-refractivity contribution in [3.8, 4) is 5.75 Å². The van der Waals surface area contributed by atoms with E-state index in [9.17, 15) is 13.2 Å². The molecule has 0 spiro atoms. The fourth-order valence-corrected chi connectivity index (χ4v) is 4.95. The van der Waals surface area contributed by atoms with E-state index in [2.05, 4.69) is 5.32 Å². The number of benzene rings is 2. The lowest BCUT2D eigenvalue weighted by Gasteiger charge is -2.26. The van der Waals surface area contributed by atoms with Crippen molar-refractivity contribution in [3.63, 3.8) is 0 Å². The standard InChI is InChI=1S/C20H23ClN2O4S/c1-14-6-9-19(27-2)18(12-14)22-20(24)16-13-15(7-8-17(16)21)28(25,26)23-10-4-3-5-11-23/h6-9,12-13H,3-5,10-11H2,1-2H3,(H,22,24). The van der Waals surface area contributed by atoms with Crippen molar-refractivity contribution in [1.82, 2.24) is 4.31 Å². The van der Waals surface area contributed by atoms with Crippen molar-refractivity contribution in [1.29, 1.82) is 0 Å². The van der Waals surface area contributed by atoms with Crippen molar-refractivity contribution in [2.24, 2.45) is 0 Å². The summed E-state index contributed by atoms with van der Waals surface area (Å²) in [6, 6.07) is 9.62. The minimum absolute atomic E-state index is 0.0696. The molecule has 1 amide bonds. The minimum atomic E-state index is -3.66. The summed E-state index contributed by atoms with van der Waals surface area (Å²) in [6.07, 6.45) is 2.71. The fraction of sp³-hybridized carbons (Fsp3) is 0.350. The highest BCUT2D eigenvalue weighted by molar-refractivity contribution is 7.89. The van der Waals surface area contributed by atoms with Crippen LogP contribution in [-0.4, -0.2) is 38.8 Å². The van der Waals surface area contributed by atoms with Gasteiger partial charge in [0.2, 0.25) is 10.0 Å². The van der Waals surface area contributed by atoms with Crippen LogP contribution < -0.4 is 10.1 Å². The maximum absolute atomic E-state index is 12.9. The van der Waals surface area contributed by atoms with Crippen LogP contribution in [0, 0.1) is 6.92 Å². The Kier molecular flexibility index (Phi) is 6.27. The number of carbonyl (C=O) groups excluding carboxylic acids is 1. The highest BCUT2D eigenvalue weighted by Crippen LogP contribution is 2.29. The van der Waals surface area contributed by atoms with Crippen molar-refractivity contribution in [3.05, 3.63) is 52.5 Å². The topological polar surface area (TPSA) is 75.7 Å². The summed E-state index contributed by atoms with van der Waals surface area (Å²) in [5.74, 6) is 0.0109. The molecule has 0 aliphatic carbocycles. The number of ether oxygens (including phenoxy) is 1. The number of nitrogens with one attached hydrogen (secondary N) is 1. The molecule has 0 atom stereocenters. The highest BCUT2D eigenvalue weighted by atomic mass is 35.5. The van der Waals surface area contributed by atoms with Crippen molar-refractivity contribution in [2.45, 2.75) is 31.1 Å². The first-order valence-corrected chi connectivity index (χ1v) is 10.9. The SMILES string of the molecule is COc1ccc(C)cc1NC(=O)c1cc(S(=O)(=O)N2CCCCC2)ccc1Cl. The van der Waals surface area contributed by atoms with Crippen molar-refractivity contribution >= 4 is 33.2 Å². The number of anilines is 1. The van der Waals surface area contributed by atoms with Crippen LogP contribution in [0.25, 0.3) is 0 Å². The average Bonchev–Trinajstić information content (AvgIpc) is 2.69. The molecule has 0 radical (unpaired) electrons. The summed E-state index contributed by atoms with van der Waals surface area (Å²) in [6.45, 7) is 2.88. The van der Waals surface area contributed by atoms with Gasteiger partial charge in [0.15, 0.2) is 0 Å². The Morgan fingerprint density at radius 2 is 1.82 bits per heavy atom. The molecule has 0 unspecified atom stereocenters. The van der Waals surface area contributed by atoms with Gasteiger partial charge in [0.25, 0.3) is 5.91 Å². The number of rotatable bonds is 5. The van der Waals surface area contributed by atoms with Gasteiger partial charge in [-0.1, -0.05) is 24.1 Å². The summed E-state index contributed by atoms with van der Waals surface area (Å²) in [5, 5.41) is 2.94. The van der Waals surface area contributed by atoms with Gasteiger partial charge in [-0.25, -0.2) is 8.42 Å². The molecule has 0 aromatic heterocycles. The maximum Gasteiger partial charge on any atom is 0.257 e. The number of nitrogens with zero attached hydrogens (tertiary/aromatic N) is 1. The fourth-order valence-electron chi connectivity index (χ4n) is 3.20. The van der Waals surface area contributed by atoms with E-state index in [0.717, 1.165) is 24.8 Å². The lowest BCUT2D eigenvalue weighted by atomic mass is 10.1. The van der Waals surface area contributed by atoms with Gasteiger partial charge in [0.1, 0.15) is 5.75 Å². The third-order valence-electron chi connectivity index (χ3n) is 4.74. The van der Waals surface area contributed by atoms with Crippen LogP contribution >= 0.6 is 11.6 Å². The van der Waals surface area contributed by atoms with Gasteiger partial charge in [-0.2, -0.15) is 4.31 Å². The van der Waals surface area contributed by atoms with E-state index in [-0.39, 0.29) is 15.5 Å². The Labute approximate surface area is 170 Å². The molecule has 1 saturated heterocycles. The van der Waals surface area contributed by atoms with Crippen LogP contribution in [0.15, 0.2) is 41.3 Å². The zero-order chi connectivity index (χ0) is 20.3. The predicted octanol–water partition coefficient (Wildman–Crippen LogP) is 4.08. The largest absolute Gasteiger partial charge is 0.495 e. The number of halogens is 1. The third-order valence-corrected chi connectivity index (χ3v) is 6.96. The molecule has 3 rings (SSSR count). The number of methoxy groups -OCH3 is 1. The monoisotopic (exact) mass is 422 g/mol. The van der Waals surface area contributed by atoms with E-state index in [4.69, 9.17) is 16.3 Å². The smallest absolute Gasteiger partial charge is 0.257 e. The van der Waals surface area contributed by atoms with Gasteiger partial charge in [-0.05, 0) is 55.7 Å². The second-order valence-electron chi connectivity index (χ2n) is 6.76. The second-order valence-corrected chi connectivity index (χ2v) is 9.11. The second kappa shape index (κ2) is 8.51. The van der Waals surface area contributed by atoms with Gasteiger partial charge in [0, 0.05) is 13.1 Å². The van der Waals surface area contributed by atoms with Crippen LogP contribution in [0.5, 0.6) is 5.75 Å². The third kappa shape index (κ3) is 4.32. The van der Waals surface area contributed by atoms with Gasteiger partial charge >= 0.3 is 0 Å². The number of sulfonamides is 1. The van der Waals surface area contributed by atoms with E-state index >= 15 is 0 Å². The first kappa shape index (κ1) is 20.6. The molecule has 6 nitrogen and oxygen atoms in total. The molecular weight excluding hydrogens is 400 g/mol. The first-order chi connectivity index (χ1) is 13.3. The number of hydrogen-bond donors (Lipinski definition) is 1. The van der Waals surface area contributed by atoms with Gasteiger partial charge in [0.05, 0.1) is 28.3 Å². The van der Waals surface area contributed by atoms with Crippen molar-refractivity contribution < 1.29 is 17.9 Å². The number of hydrogen-bond acceptors (Lipinski definition) is 4. The molecule has 150 valence electrons. The van der Waals surface area contributed by atoms with Crippen LogP contribution in [0.4, 0.5) is 5.69 Å². The Morgan fingerprint density at radius 1 is 1.11 bits per heavy atom. The molecule has 0 bridgehead atoms. The first-order valence-electron chi connectivity index (χ1n) is 9.08. The van der Waals surface area contributed by atoms with E-state index in [1.165, 1.54) is 29.6 Å². The van der Waals surface area contributed by atoms with E-state index in [1.54, 1.807) is 12.1 Å². The van der Waals surface area contributed by atoms with Gasteiger partial charge in [-0.15, -0.1) is 0 Å². The van der Waals surface area contributed by atoms with Crippen LogP contribution in [0.2, 0.25) is 5.02 Å². The zero-order valence-corrected chi connectivity index (χ0v) is 17.4. The number of aryl methyl sites for hydroxylation is 1. The molecule has 1 aliphatic heterocycles. The molecule has 8 heteroatoms. The highest BCUT2D eigenvalue weighted by Gasteiger charge is 2.27. The van der Waals surface area contributed by atoms with Gasteiger partial charge < -0.3 is 10.1 Å². The Hall–Kier alpha value is -2.09. The summed E-state index contributed by atoms with van der Waals surface area (Å²) in [4.78, 5) is 12.9. The minimum Gasteiger partial charge on any atom is -0.495 e. The predicted molar refractivity (Wildman–Crippen MR) is 110 cm³/mol. The van der Waals surface area contributed by atoms with E-state index in [0.29, 0.717) is 24.5 Å². The Balaban J connectivity index is 1.91. The molecule has 2 aromatic carbocycles. The number of amides is 1. The molecule has 1 N–H and O–H groups in total. The summed E-state index contributed by atoms with van der Waals surface area (Å²) in [7, 11) is -2.14. The van der Waals surface area contributed by atoms with E-state index in [1.807, 2.05) is 13.0 Å². The lowest BCUT2D eigenvalue weighted by molar-refractivity contribution is 0.102. The quantitative estimate of drug-likeness (QED) is 0.787. The molecule has 2 aromatic rings. The maximum atomic E-state index is 12.9. The summed E-state index contributed by atoms with van der Waals surface area (Å²) >= 11 is 6.20. The average molecular weight is 423 g/mol. The molecule has 0 saturated carbocycles. The molecule has 1 heterocycles. The van der Waals surface area contributed by atoms with Crippen LogP contribution in [-0.2, 0) is 10.0 Å². The zero-order valence-electron chi connectivity index (χ0n) is 15.9. The van der Waals surface area contributed by atoms with Crippen molar-refractivity contribution in [2.75, 3.05) is 25.5 Å². The Bertz CT molecular complexity index is 986. The van der Waals surface area contributed by atoms with E-state index < -0.39 is 15.9 Å². The van der Waals surface area contributed by atoms with Crippen LogP contribution in [0.1, 0.15) is 35.2 Å². The molecule has 1 fully saturated rings. The van der Waals surface area contributed by atoms with Crippen LogP contribution in [0.3, 0.4) is 0 Å². The Morgan fingerprint density at radius 3 is 2.50 bits per heavy atom. The number of piperidine rings is 1. The normalized spacial score (nSPS) is 15.2. The lowest BCUT2D eigenvalue weighted by Crippen LogP contribution is -2.35. The molecule has 1 aliphatic rings. The summed E-state index contributed by atoms with van der Waals surface area (Å²) in [5.41, 5.74) is 1.54. The summed E-state index contributed by atoms with van der Waals surface area (Å²) < 4.78 is 32.6.